The average Bonchev–Trinajstić information content (AvgIpc) is 3.20. The van der Waals surface area contributed by atoms with Crippen molar-refractivity contribution in [1.29, 1.82) is 0 Å². The van der Waals surface area contributed by atoms with E-state index in [0.717, 1.165) is 45.1 Å². The van der Waals surface area contributed by atoms with Crippen LogP contribution < -0.4 is 5.32 Å². The fourth-order valence-electron chi connectivity index (χ4n) is 4.49. The Morgan fingerprint density at radius 2 is 1.68 bits per heavy atom. The van der Waals surface area contributed by atoms with Gasteiger partial charge in [0.1, 0.15) is 0 Å². The molecule has 1 unspecified atom stereocenters. The van der Waals surface area contributed by atoms with Gasteiger partial charge in [0.25, 0.3) is 0 Å². The quantitative estimate of drug-likeness (QED) is 0.779. The van der Waals surface area contributed by atoms with Crippen LogP contribution in [0.3, 0.4) is 0 Å². The molecule has 3 rings (SSSR count). The van der Waals surface area contributed by atoms with Gasteiger partial charge in [-0.05, 0) is 62.5 Å². The van der Waals surface area contributed by atoms with Crippen molar-refractivity contribution in [1.82, 2.24) is 20.0 Å². The highest BCUT2D eigenvalue weighted by Crippen LogP contribution is 2.19. The van der Waals surface area contributed by atoms with Crippen LogP contribution in [0.15, 0.2) is 24.3 Å². The van der Waals surface area contributed by atoms with Gasteiger partial charge in [-0.25, -0.2) is 4.79 Å². The molecule has 28 heavy (non-hydrogen) atoms. The number of benzene rings is 1. The maximum atomic E-state index is 12.5. The second kappa shape index (κ2) is 10.3. The lowest BCUT2D eigenvalue weighted by atomic mass is 9.99. The number of urea groups is 1. The molecule has 156 valence electrons. The first kappa shape index (κ1) is 21.1. The molecule has 2 heterocycles. The zero-order chi connectivity index (χ0) is 19.9. The van der Waals surface area contributed by atoms with Crippen molar-refractivity contribution in [2.75, 3.05) is 39.3 Å². The molecule has 1 aromatic rings. The number of likely N-dealkylation sites (tertiary alicyclic amines) is 2. The summed E-state index contributed by atoms with van der Waals surface area (Å²) in [5.41, 5.74) is 2.54. The summed E-state index contributed by atoms with van der Waals surface area (Å²) in [5.74, 6) is 0.875. The lowest BCUT2D eigenvalue weighted by molar-refractivity contribution is 0.185. The molecule has 0 aromatic heterocycles. The van der Waals surface area contributed by atoms with E-state index in [1.165, 1.54) is 37.1 Å². The third-order valence-electron chi connectivity index (χ3n) is 6.53. The Morgan fingerprint density at radius 3 is 2.32 bits per heavy atom. The first-order valence-electron chi connectivity index (χ1n) is 11.2. The van der Waals surface area contributed by atoms with E-state index < -0.39 is 0 Å². The van der Waals surface area contributed by atoms with E-state index in [0.29, 0.717) is 12.6 Å². The number of rotatable bonds is 7. The number of hydrogen-bond donors (Lipinski definition) is 1. The Kier molecular flexibility index (Phi) is 7.74. The van der Waals surface area contributed by atoms with Gasteiger partial charge in [-0.3, -0.25) is 9.80 Å². The molecule has 2 amide bonds. The predicted molar refractivity (Wildman–Crippen MR) is 115 cm³/mol. The van der Waals surface area contributed by atoms with Crippen molar-refractivity contribution >= 4 is 6.03 Å². The topological polar surface area (TPSA) is 38.8 Å². The molecule has 5 heteroatoms. The Hall–Kier alpha value is -1.59. The third kappa shape index (κ3) is 5.71. The fourth-order valence-corrected chi connectivity index (χ4v) is 4.49. The lowest BCUT2D eigenvalue weighted by Gasteiger charge is -2.30. The Balaban J connectivity index is 1.41. The summed E-state index contributed by atoms with van der Waals surface area (Å²) in [6, 6.07) is 9.33. The van der Waals surface area contributed by atoms with E-state index in [-0.39, 0.29) is 6.03 Å². The van der Waals surface area contributed by atoms with E-state index >= 15 is 0 Å². The van der Waals surface area contributed by atoms with Gasteiger partial charge >= 0.3 is 6.03 Å². The monoisotopic (exact) mass is 386 g/mol. The summed E-state index contributed by atoms with van der Waals surface area (Å²) in [6.07, 6.45) is 3.71. The van der Waals surface area contributed by atoms with Crippen LogP contribution in [0.4, 0.5) is 4.79 Å². The van der Waals surface area contributed by atoms with Crippen molar-refractivity contribution in [3.8, 4) is 0 Å². The second-order valence-corrected chi connectivity index (χ2v) is 8.54. The highest BCUT2D eigenvalue weighted by molar-refractivity contribution is 5.74. The van der Waals surface area contributed by atoms with E-state index in [1.807, 2.05) is 4.90 Å². The van der Waals surface area contributed by atoms with Crippen LogP contribution in [-0.2, 0) is 13.1 Å². The van der Waals surface area contributed by atoms with Gasteiger partial charge < -0.3 is 10.2 Å². The molecule has 0 saturated carbocycles. The normalized spacial score (nSPS) is 21.4. The smallest absolute Gasteiger partial charge is 0.317 e. The number of piperidine rings is 1. The number of amides is 2. The Bertz CT molecular complexity index is 606. The SMILES string of the molecule is CCN(CC)C1CCN(C(=O)NCc2ccc(CN3CCC(C)CC3)cc2)C1. The minimum Gasteiger partial charge on any atom is -0.334 e. The maximum absolute atomic E-state index is 12.5. The summed E-state index contributed by atoms with van der Waals surface area (Å²) < 4.78 is 0. The summed E-state index contributed by atoms with van der Waals surface area (Å²) in [5, 5.41) is 3.10. The molecule has 2 fully saturated rings. The molecule has 1 aromatic carbocycles. The van der Waals surface area contributed by atoms with Crippen LogP contribution in [-0.4, -0.2) is 66.0 Å². The molecular weight excluding hydrogens is 348 g/mol. The molecule has 1 atom stereocenters. The molecule has 0 spiro atoms. The van der Waals surface area contributed by atoms with E-state index in [9.17, 15) is 4.79 Å². The van der Waals surface area contributed by atoms with Gasteiger partial charge in [0.05, 0.1) is 0 Å². The Morgan fingerprint density at radius 1 is 1.04 bits per heavy atom. The van der Waals surface area contributed by atoms with Gasteiger partial charge in [0, 0.05) is 32.2 Å². The summed E-state index contributed by atoms with van der Waals surface area (Å²) in [6.45, 7) is 14.6. The van der Waals surface area contributed by atoms with E-state index in [2.05, 4.69) is 60.2 Å². The molecule has 5 nitrogen and oxygen atoms in total. The molecule has 0 bridgehead atoms. The van der Waals surface area contributed by atoms with Crippen LogP contribution >= 0.6 is 0 Å². The third-order valence-corrected chi connectivity index (χ3v) is 6.53. The van der Waals surface area contributed by atoms with E-state index in [1.54, 1.807) is 0 Å². The minimum absolute atomic E-state index is 0.0705. The zero-order valence-electron chi connectivity index (χ0n) is 18.0. The van der Waals surface area contributed by atoms with E-state index in [4.69, 9.17) is 0 Å². The van der Waals surface area contributed by atoms with Crippen LogP contribution in [0.2, 0.25) is 0 Å². The molecule has 0 aliphatic carbocycles. The van der Waals surface area contributed by atoms with Crippen LogP contribution in [0, 0.1) is 5.92 Å². The number of hydrogen-bond acceptors (Lipinski definition) is 3. The first-order chi connectivity index (χ1) is 13.6. The standard InChI is InChI=1S/C23H38N4O/c1-4-26(5-2)22-12-15-27(18-22)23(28)24-16-20-6-8-21(9-7-20)17-25-13-10-19(3)11-14-25/h6-9,19,22H,4-5,10-18H2,1-3H3,(H,24,28). The lowest BCUT2D eigenvalue weighted by Crippen LogP contribution is -2.42. The fraction of sp³-hybridized carbons (Fsp3) is 0.696. The summed E-state index contributed by atoms with van der Waals surface area (Å²) in [4.78, 5) is 19.5. The number of carbonyl (C=O) groups excluding carboxylic acids is 1. The second-order valence-electron chi connectivity index (χ2n) is 8.54. The van der Waals surface area contributed by atoms with Crippen molar-refractivity contribution < 1.29 is 4.79 Å². The van der Waals surface area contributed by atoms with Crippen LogP contribution in [0.1, 0.15) is 51.2 Å². The van der Waals surface area contributed by atoms with Gasteiger partial charge in [0.15, 0.2) is 0 Å². The summed E-state index contributed by atoms with van der Waals surface area (Å²) >= 11 is 0. The van der Waals surface area contributed by atoms with Crippen molar-refractivity contribution in [3.05, 3.63) is 35.4 Å². The highest BCUT2D eigenvalue weighted by Gasteiger charge is 2.28. The van der Waals surface area contributed by atoms with Gasteiger partial charge in [-0.15, -0.1) is 0 Å². The molecule has 1 N–H and O–H groups in total. The molecule has 2 aliphatic heterocycles. The predicted octanol–water partition coefficient (Wildman–Crippen LogP) is 3.54. The number of likely N-dealkylation sites (N-methyl/N-ethyl adjacent to an activating group) is 1. The molecular formula is C23H38N4O. The molecule has 0 radical (unpaired) electrons. The van der Waals surface area contributed by atoms with Crippen molar-refractivity contribution in [3.63, 3.8) is 0 Å². The van der Waals surface area contributed by atoms with Crippen molar-refractivity contribution in [2.24, 2.45) is 5.92 Å². The van der Waals surface area contributed by atoms with Gasteiger partial charge in [0.2, 0.25) is 0 Å². The number of carbonyl (C=O) groups is 1. The van der Waals surface area contributed by atoms with Crippen LogP contribution in [0.25, 0.3) is 0 Å². The Labute approximate surface area is 171 Å². The largest absolute Gasteiger partial charge is 0.334 e. The first-order valence-corrected chi connectivity index (χ1v) is 11.2. The molecule has 2 saturated heterocycles. The highest BCUT2D eigenvalue weighted by atomic mass is 16.2. The zero-order valence-corrected chi connectivity index (χ0v) is 18.0. The van der Waals surface area contributed by atoms with Gasteiger partial charge in [-0.1, -0.05) is 45.0 Å². The number of nitrogens with zero attached hydrogens (tertiary/aromatic N) is 3. The van der Waals surface area contributed by atoms with Crippen molar-refractivity contribution in [2.45, 2.75) is 59.2 Å². The maximum Gasteiger partial charge on any atom is 0.317 e. The van der Waals surface area contributed by atoms with Crippen LogP contribution in [0.5, 0.6) is 0 Å². The minimum atomic E-state index is 0.0705. The number of nitrogens with one attached hydrogen (secondary N) is 1. The van der Waals surface area contributed by atoms with Gasteiger partial charge in [-0.2, -0.15) is 0 Å². The average molecular weight is 387 g/mol. The summed E-state index contributed by atoms with van der Waals surface area (Å²) in [7, 11) is 0. The molecule has 2 aliphatic rings.